The van der Waals surface area contributed by atoms with E-state index in [1.807, 2.05) is 11.8 Å². The molecule has 1 aliphatic heterocycles. The van der Waals surface area contributed by atoms with Crippen molar-refractivity contribution in [3.05, 3.63) is 18.0 Å². The lowest BCUT2D eigenvalue weighted by molar-refractivity contribution is 0.0446. The minimum atomic E-state index is -3.80. The summed E-state index contributed by atoms with van der Waals surface area (Å²) < 4.78 is 24.3. The first-order chi connectivity index (χ1) is 9.61. The number of nitrogens with zero attached hydrogens (tertiary/aromatic N) is 2. The minimum absolute atomic E-state index is 0.0286. The number of hydrogen-bond acceptors (Lipinski definition) is 3. The lowest BCUT2D eigenvalue weighted by Crippen LogP contribution is -2.49. The lowest BCUT2D eigenvalue weighted by Gasteiger charge is -2.41. The zero-order valence-electron chi connectivity index (χ0n) is 12.9. The van der Waals surface area contributed by atoms with Crippen molar-refractivity contribution in [2.45, 2.75) is 38.1 Å². The molecular formula is C14H23N3O3S. The fraction of sp³-hybridized carbons (Fsp3) is 0.643. The molecule has 7 heteroatoms. The summed E-state index contributed by atoms with van der Waals surface area (Å²) in [5, 5.41) is 5.12. The maximum Gasteiger partial charge on any atom is 0.270 e. The van der Waals surface area contributed by atoms with E-state index < -0.39 is 10.0 Å². The van der Waals surface area contributed by atoms with Gasteiger partial charge in [-0.15, -0.1) is 0 Å². The number of primary sulfonamides is 1. The van der Waals surface area contributed by atoms with Crippen LogP contribution in [0.2, 0.25) is 0 Å². The Morgan fingerprint density at radius 3 is 2.48 bits per heavy atom. The normalized spacial score (nSPS) is 26.9. The summed E-state index contributed by atoms with van der Waals surface area (Å²) in [5.74, 6) is 0.729. The molecule has 2 rings (SSSR count). The van der Waals surface area contributed by atoms with Crippen molar-refractivity contribution in [3.63, 3.8) is 0 Å². The third kappa shape index (κ3) is 3.13. The maximum atomic E-state index is 12.7. The highest BCUT2D eigenvalue weighted by Crippen LogP contribution is 2.28. The smallest absolute Gasteiger partial charge is 0.270 e. The van der Waals surface area contributed by atoms with E-state index in [0.29, 0.717) is 24.1 Å². The van der Waals surface area contributed by atoms with E-state index >= 15 is 0 Å². The molecule has 1 aliphatic rings. The largest absolute Gasteiger partial charge is 0.345 e. The number of carbonyl (C=O) groups is 1. The van der Waals surface area contributed by atoms with Crippen LogP contribution in [0.5, 0.6) is 0 Å². The molecule has 6 nitrogen and oxygen atoms in total. The van der Waals surface area contributed by atoms with Gasteiger partial charge >= 0.3 is 0 Å². The Morgan fingerprint density at radius 1 is 1.33 bits per heavy atom. The molecule has 1 aromatic rings. The molecular weight excluding hydrogens is 290 g/mol. The Labute approximate surface area is 126 Å². The lowest BCUT2D eigenvalue weighted by atomic mass is 9.86. The number of carbonyl (C=O) groups excluding carboxylic acids is 1. The molecule has 2 heterocycles. The molecule has 0 spiro atoms. The van der Waals surface area contributed by atoms with Gasteiger partial charge in [-0.3, -0.25) is 4.79 Å². The number of aryl methyl sites for hydroxylation is 1. The fourth-order valence-corrected chi connectivity index (χ4v) is 3.61. The number of hydrogen-bond donors (Lipinski definition) is 1. The van der Waals surface area contributed by atoms with E-state index in [9.17, 15) is 13.2 Å². The van der Waals surface area contributed by atoms with Crippen LogP contribution in [-0.2, 0) is 17.1 Å². The average molecular weight is 313 g/mol. The van der Waals surface area contributed by atoms with E-state index in [1.54, 1.807) is 7.05 Å². The van der Waals surface area contributed by atoms with Crippen LogP contribution in [0.25, 0.3) is 0 Å². The van der Waals surface area contributed by atoms with Crippen LogP contribution in [0.15, 0.2) is 17.2 Å². The van der Waals surface area contributed by atoms with Crippen LogP contribution in [0.1, 0.15) is 37.7 Å². The van der Waals surface area contributed by atoms with Crippen LogP contribution in [0.4, 0.5) is 0 Å². The predicted molar refractivity (Wildman–Crippen MR) is 80.2 cm³/mol. The molecule has 3 unspecified atom stereocenters. The van der Waals surface area contributed by atoms with E-state index in [0.717, 1.165) is 6.42 Å². The van der Waals surface area contributed by atoms with Gasteiger partial charge in [-0.05, 0) is 31.2 Å². The van der Waals surface area contributed by atoms with Crippen molar-refractivity contribution >= 4 is 15.9 Å². The van der Waals surface area contributed by atoms with E-state index in [4.69, 9.17) is 5.14 Å². The van der Waals surface area contributed by atoms with Gasteiger partial charge in [0.2, 0.25) is 10.0 Å². The fourth-order valence-electron chi connectivity index (χ4n) is 3.03. The number of rotatable bonds is 2. The summed E-state index contributed by atoms with van der Waals surface area (Å²) in [6.07, 6.45) is 2.48. The Morgan fingerprint density at radius 2 is 1.95 bits per heavy atom. The van der Waals surface area contributed by atoms with Crippen LogP contribution < -0.4 is 5.14 Å². The third-order valence-corrected chi connectivity index (χ3v) is 5.27. The van der Waals surface area contributed by atoms with Gasteiger partial charge in [0.05, 0.1) is 0 Å². The average Bonchev–Trinajstić information content (AvgIpc) is 2.75. The molecule has 0 saturated carbocycles. The summed E-state index contributed by atoms with van der Waals surface area (Å²) in [5.41, 5.74) is 0.354. The Hall–Kier alpha value is -1.34. The monoisotopic (exact) mass is 313 g/mol. The number of piperidine rings is 1. The van der Waals surface area contributed by atoms with E-state index in [1.165, 1.54) is 16.8 Å². The van der Waals surface area contributed by atoms with Gasteiger partial charge in [0.15, 0.2) is 0 Å². The van der Waals surface area contributed by atoms with Gasteiger partial charge < -0.3 is 9.47 Å². The second-order valence-corrected chi connectivity index (χ2v) is 7.79. The van der Waals surface area contributed by atoms with Gasteiger partial charge in [-0.1, -0.05) is 13.8 Å². The highest BCUT2D eigenvalue weighted by atomic mass is 32.2. The number of aromatic nitrogens is 1. The molecule has 0 aromatic carbocycles. The van der Waals surface area contributed by atoms with E-state index in [-0.39, 0.29) is 16.8 Å². The zero-order chi connectivity index (χ0) is 15.9. The molecule has 1 amide bonds. The van der Waals surface area contributed by atoms with Gasteiger partial charge in [0.1, 0.15) is 10.6 Å². The second-order valence-electron chi connectivity index (χ2n) is 6.23. The molecule has 1 aromatic heterocycles. The van der Waals surface area contributed by atoms with Crippen LogP contribution >= 0.6 is 0 Å². The van der Waals surface area contributed by atoms with Gasteiger partial charge in [-0.25, -0.2) is 13.6 Å². The topological polar surface area (TPSA) is 85.4 Å². The SMILES string of the molecule is CC1CC(C)C(C)N(C(=O)c2cc(S(N)(=O)=O)cn2C)C1. The summed E-state index contributed by atoms with van der Waals surface area (Å²) in [6, 6.07) is 1.50. The standard InChI is InChI=1S/C14H23N3O3S/c1-9-5-10(2)11(3)17(7-9)14(18)13-6-12(8-16(13)4)21(15,19)20/h6,8-11H,5,7H2,1-4H3,(H2,15,19,20). The molecule has 2 N–H and O–H groups in total. The van der Waals surface area contributed by atoms with Crippen molar-refractivity contribution in [1.82, 2.24) is 9.47 Å². The van der Waals surface area contributed by atoms with Crippen molar-refractivity contribution in [2.24, 2.45) is 24.0 Å². The summed E-state index contributed by atoms with van der Waals surface area (Å²) in [6.45, 7) is 7.00. The molecule has 0 bridgehead atoms. The molecule has 0 aliphatic carbocycles. The van der Waals surface area contributed by atoms with Gasteiger partial charge in [0, 0.05) is 25.8 Å². The molecule has 0 radical (unpaired) electrons. The van der Waals surface area contributed by atoms with Crippen LogP contribution in [0, 0.1) is 11.8 Å². The highest BCUT2D eigenvalue weighted by Gasteiger charge is 2.33. The Kier molecular flexibility index (Phi) is 4.17. The molecule has 118 valence electrons. The van der Waals surface area contributed by atoms with Gasteiger partial charge in [0.25, 0.3) is 5.91 Å². The summed E-state index contributed by atoms with van der Waals surface area (Å²) >= 11 is 0. The number of nitrogens with two attached hydrogens (primary N) is 1. The number of sulfonamides is 1. The first-order valence-corrected chi connectivity index (χ1v) is 8.66. The Balaban J connectivity index is 2.34. The molecule has 1 saturated heterocycles. The quantitative estimate of drug-likeness (QED) is 0.889. The predicted octanol–water partition coefficient (Wildman–Crippen LogP) is 1.18. The summed E-state index contributed by atoms with van der Waals surface area (Å²) in [4.78, 5) is 14.5. The maximum absolute atomic E-state index is 12.7. The van der Waals surface area contributed by atoms with Crippen molar-refractivity contribution in [3.8, 4) is 0 Å². The number of amides is 1. The summed E-state index contributed by atoms with van der Waals surface area (Å²) in [7, 11) is -2.14. The number of likely N-dealkylation sites (tertiary alicyclic amines) is 1. The Bertz CT molecular complexity index is 650. The highest BCUT2D eigenvalue weighted by molar-refractivity contribution is 7.89. The third-order valence-electron chi connectivity index (χ3n) is 4.39. The molecule has 1 fully saturated rings. The first-order valence-electron chi connectivity index (χ1n) is 7.11. The second kappa shape index (κ2) is 5.46. The van der Waals surface area contributed by atoms with Crippen LogP contribution in [0.3, 0.4) is 0 Å². The van der Waals surface area contributed by atoms with Crippen molar-refractivity contribution in [1.29, 1.82) is 0 Å². The van der Waals surface area contributed by atoms with Crippen LogP contribution in [-0.4, -0.2) is 36.4 Å². The minimum Gasteiger partial charge on any atom is -0.345 e. The van der Waals surface area contributed by atoms with Crippen molar-refractivity contribution < 1.29 is 13.2 Å². The van der Waals surface area contributed by atoms with Crippen molar-refractivity contribution in [2.75, 3.05) is 6.54 Å². The zero-order valence-corrected chi connectivity index (χ0v) is 13.7. The molecule has 3 atom stereocenters. The first kappa shape index (κ1) is 16.0. The molecule has 21 heavy (non-hydrogen) atoms. The van der Waals surface area contributed by atoms with E-state index in [2.05, 4.69) is 13.8 Å². The van der Waals surface area contributed by atoms with Gasteiger partial charge in [-0.2, -0.15) is 0 Å².